The molecule has 0 saturated carbocycles. The Morgan fingerprint density at radius 2 is 1.82 bits per heavy atom. The summed E-state index contributed by atoms with van der Waals surface area (Å²) in [6.45, 7) is 4.25. The number of nitrogens with zero attached hydrogens (tertiary/aromatic N) is 3. The van der Waals surface area contributed by atoms with Crippen molar-refractivity contribution >= 4 is 28.3 Å². The Morgan fingerprint density at radius 3 is 2.57 bits per heavy atom. The first-order chi connectivity index (χ1) is 13.5. The average Bonchev–Trinajstić information content (AvgIpc) is 3.04. The molecule has 0 fully saturated rings. The summed E-state index contributed by atoms with van der Waals surface area (Å²) < 4.78 is 1.70. The largest absolute Gasteiger partial charge is 0.347 e. The van der Waals surface area contributed by atoms with E-state index in [1.165, 1.54) is 5.39 Å². The standard InChI is InChI=1S/C22H19ClN4O/c1-14-11-15(2)27(26-14)20-10-9-19(23)21(25-20)22(28)24-13-16-7-8-17-5-3-4-6-18(17)12-16/h3-12H,13H2,1-2H3,(H,24,28). The zero-order valence-electron chi connectivity index (χ0n) is 15.6. The maximum Gasteiger partial charge on any atom is 0.271 e. The van der Waals surface area contributed by atoms with Crippen LogP contribution in [-0.2, 0) is 6.54 Å². The van der Waals surface area contributed by atoms with E-state index in [0.29, 0.717) is 17.4 Å². The number of carbonyl (C=O) groups excluding carboxylic acids is 1. The third-order valence-electron chi connectivity index (χ3n) is 4.54. The highest BCUT2D eigenvalue weighted by Crippen LogP contribution is 2.19. The van der Waals surface area contributed by atoms with Crippen LogP contribution >= 0.6 is 11.6 Å². The molecule has 1 N–H and O–H groups in total. The van der Waals surface area contributed by atoms with Gasteiger partial charge in [-0.2, -0.15) is 5.10 Å². The second-order valence-corrected chi connectivity index (χ2v) is 7.11. The molecule has 6 heteroatoms. The van der Waals surface area contributed by atoms with Gasteiger partial charge in [0.1, 0.15) is 5.69 Å². The molecule has 0 atom stereocenters. The van der Waals surface area contributed by atoms with Gasteiger partial charge >= 0.3 is 0 Å². The van der Waals surface area contributed by atoms with Crippen molar-refractivity contribution in [2.24, 2.45) is 0 Å². The van der Waals surface area contributed by atoms with Gasteiger partial charge in [-0.3, -0.25) is 4.79 Å². The molecule has 1 amide bonds. The Balaban J connectivity index is 1.55. The van der Waals surface area contributed by atoms with Gasteiger partial charge in [0.2, 0.25) is 0 Å². The van der Waals surface area contributed by atoms with E-state index in [9.17, 15) is 4.79 Å². The fourth-order valence-electron chi connectivity index (χ4n) is 3.18. The normalized spacial score (nSPS) is 11.0. The number of pyridine rings is 1. The number of rotatable bonds is 4. The van der Waals surface area contributed by atoms with Crippen LogP contribution in [0.2, 0.25) is 5.02 Å². The molecule has 4 rings (SSSR count). The van der Waals surface area contributed by atoms with Crippen LogP contribution in [0.25, 0.3) is 16.6 Å². The summed E-state index contributed by atoms with van der Waals surface area (Å²) in [5.41, 5.74) is 3.02. The number of aryl methyl sites for hydroxylation is 2. The summed E-state index contributed by atoms with van der Waals surface area (Å²) >= 11 is 6.23. The Labute approximate surface area is 168 Å². The van der Waals surface area contributed by atoms with Crippen molar-refractivity contribution in [3.05, 3.63) is 88.3 Å². The van der Waals surface area contributed by atoms with Crippen LogP contribution in [0, 0.1) is 13.8 Å². The quantitative estimate of drug-likeness (QED) is 0.553. The minimum Gasteiger partial charge on any atom is -0.347 e. The summed E-state index contributed by atoms with van der Waals surface area (Å²) in [5, 5.41) is 9.93. The first-order valence-corrected chi connectivity index (χ1v) is 9.35. The first-order valence-electron chi connectivity index (χ1n) is 8.97. The Morgan fingerprint density at radius 1 is 1.04 bits per heavy atom. The molecule has 0 aliphatic rings. The number of halogens is 1. The molecule has 28 heavy (non-hydrogen) atoms. The van der Waals surface area contributed by atoms with E-state index in [1.54, 1.807) is 16.8 Å². The molecule has 4 aromatic rings. The van der Waals surface area contributed by atoms with Gasteiger partial charge in [0.05, 0.1) is 10.7 Å². The van der Waals surface area contributed by atoms with Gasteiger partial charge in [-0.1, -0.05) is 48.0 Å². The van der Waals surface area contributed by atoms with Gasteiger partial charge in [0.25, 0.3) is 5.91 Å². The van der Waals surface area contributed by atoms with Gasteiger partial charge in [0, 0.05) is 12.2 Å². The molecule has 0 radical (unpaired) electrons. The van der Waals surface area contributed by atoms with E-state index in [-0.39, 0.29) is 11.6 Å². The summed E-state index contributed by atoms with van der Waals surface area (Å²) in [4.78, 5) is 17.1. The van der Waals surface area contributed by atoms with Crippen LogP contribution in [-0.4, -0.2) is 20.7 Å². The average molecular weight is 391 g/mol. The predicted molar refractivity (Wildman–Crippen MR) is 111 cm³/mol. The van der Waals surface area contributed by atoms with E-state index in [2.05, 4.69) is 33.6 Å². The zero-order chi connectivity index (χ0) is 19.7. The molecule has 2 aromatic heterocycles. The van der Waals surface area contributed by atoms with Crippen LogP contribution in [0.5, 0.6) is 0 Å². The minimum atomic E-state index is -0.318. The zero-order valence-corrected chi connectivity index (χ0v) is 16.4. The Bertz CT molecular complexity index is 1180. The molecule has 0 unspecified atom stereocenters. The van der Waals surface area contributed by atoms with Crippen molar-refractivity contribution in [1.82, 2.24) is 20.1 Å². The smallest absolute Gasteiger partial charge is 0.271 e. The lowest BCUT2D eigenvalue weighted by molar-refractivity contribution is 0.0946. The van der Waals surface area contributed by atoms with Gasteiger partial charge in [-0.05, 0) is 54.4 Å². The van der Waals surface area contributed by atoms with Crippen molar-refractivity contribution in [3.63, 3.8) is 0 Å². The molecule has 0 bridgehead atoms. The second kappa shape index (κ2) is 7.44. The van der Waals surface area contributed by atoms with Gasteiger partial charge in [0.15, 0.2) is 5.82 Å². The maximum atomic E-state index is 12.7. The monoisotopic (exact) mass is 390 g/mol. The molecule has 0 spiro atoms. The minimum absolute atomic E-state index is 0.188. The SMILES string of the molecule is Cc1cc(C)n(-c2ccc(Cl)c(C(=O)NCc3ccc4ccccc4c3)n2)n1. The fourth-order valence-corrected chi connectivity index (χ4v) is 3.38. The third-order valence-corrected chi connectivity index (χ3v) is 4.84. The van der Waals surface area contributed by atoms with Crippen molar-refractivity contribution in [2.75, 3.05) is 0 Å². The van der Waals surface area contributed by atoms with E-state index >= 15 is 0 Å². The van der Waals surface area contributed by atoms with Gasteiger partial charge < -0.3 is 5.32 Å². The molecule has 0 saturated heterocycles. The third kappa shape index (κ3) is 3.62. The molecule has 140 valence electrons. The molecule has 5 nitrogen and oxygen atoms in total. The van der Waals surface area contributed by atoms with E-state index in [0.717, 1.165) is 22.3 Å². The number of benzene rings is 2. The lowest BCUT2D eigenvalue weighted by atomic mass is 10.1. The molecule has 2 heterocycles. The van der Waals surface area contributed by atoms with E-state index in [4.69, 9.17) is 11.6 Å². The van der Waals surface area contributed by atoms with Gasteiger partial charge in [-0.25, -0.2) is 9.67 Å². The fraction of sp³-hybridized carbons (Fsp3) is 0.136. The number of amides is 1. The van der Waals surface area contributed by atoms with Crippen molar-refractivity contribution in [2.45, 2.75) is 20.4 Å². The summed E-state index contributed by atoms with van der Waals surface area (Å²) in [6, 6.07) is 19.6. The van der Waals surface area contributed by atoms with Crippen LogP contribution in [0.1, 0.15) is 27.4 Å². The predicted octanol–water partition coefficient (Wildman–Crippen LogP) is 4.62. The van der Waals surface area contributed by atoms with Crippen LogP contribution in [0.15, 0.2) is 60.7 Å². The highest BCUT2D eigenvalue weighted by Gasteiger charge is 2.15. The molecule has 0 aliphatic carbocycles. The maximum absolute atomic E-state index is 12.7. The number of carbonyl (C=O) groups is 1. The van der Waals surface area contributed by atoms with Crippen LogP contribution < -0.4 is 5.32 Å². The van der Waals surface area contributed by atoms with Crippen LogP contribution in [0.4, 0.5) is 0 Å². The molecular weight excluding hydrogens is 372 g/mol. The van der Waals surface area contributed by atoms with E-state index in [1.807, 2.05) is 44.2 Å². The van der Waals surface area contributed by atoms with E-state index < -0.39 is 0 Å². The number of fused-ring (bicyclic) bond motifs is 1. The molecule has 0 aliphatic heterocycles. The summed E-state index contributed by atoms with van der Waals surface area (Å²) in [6.07, 6.45) is 0. The van der Waals surface area contributed by atoms with Gasteiger partial charge in [-0.15, -0.1) is 0 Å². The lowest BCUT2D eigenvalue weighted by Crippen LogP contribution is -2.24. The highest BCUT2D eigenvalue weighted by molar-refractivity contribution is 6.33. The lowest BCUT2D eigenvalue weighted by Gasteiger charge is -2.10. The Kier molecular flexibility index (Phi) is 4.84. The number of aromatic nitrogens is 3. The number of hydrogen-bond donors (Lipinski definition) is 1. The number of nitrogens with one attached hydrogen (secondary N) is 1. The summed E-state index contributed by atoms with van der Waals surface area (Å²) in [5.74, 6) is 0.243. The van der Waals surface area contributed by atoms with Crippen molar-refractivity contribution < 1.29 is 4.79 Å². The molecule has 2 aromatic carbocycles. The molecular formula is C22H19ClN4O. The first kappa shape index (κ1) is 18.2. The highest BCUT2D eigenvalue weighted by atomic mass is 35.5. The van der Waals surface area contributed by atoms with Crippen molar-refractivity contribution in [3.8, 4) is 5.82 Å². The topological polar surface area (TPSA) is 59.8 Å². The second-order valence-electron chi connectivity index (χ2n) is 6.70. The Hall–Kier alpha value is -3.18. The van der Waals surface area contributed by atoms with Crippen molar-refractivity contribution in [1.29, 1.82) is 0 Å². The summed E-state index contributed by atoms with van der Waals surface area (Å²) in [7, 11) is 0. The van der Waals surface area contributed by atoms with Crippen LogP contribution in [0.3, 0.4) is 0 Å². The number of hydrogen-bond acceptors (Lipinski definition) is 3.